The average Bonchev–Trinajstić information content (AvgIpc) is 3.09. The summed E-state index contributed by atoms with van der Waals surface area (Å²) < 4.78 is 43.3. The van der Waals surface area contributed by atoms with Crippen LogP contribution in [0.5, 0.6) is 5.75 Å². The van der Waals surface area contributed by atoms with E-state index in [1.165, 1.54) is 6.07 Å². The molecule has 1 amide bonds. The second kappa shape index (κ2) is 7.85. The molecule has 1 aliphatic heterocycles. The summed E-state index contributed by atoms with van der Waals surface area (Å²) in [4.78, 5) is 17.8. The number of pyridine rings is 1. The Hall–Kier alpha value is -2.77. The van der Waals surface area contributed by atoms with E-state index in [1.54, 1.807) is 6.07 Å². The maximum absolute atomic E-state index is 12.6. The molecule has 144 valence electrons. The van der Waals surface area contributed by atoms with Gasteiger partial charge in [0.25, 0.3) is 5.91 Å². The highest BCUT2D eigenvalue weighted by atomic mass is 19.4. The molecule has 1 atom stereocenters. The van der Waals surface area contributed by atoms with E-state index in [4.69, 9.17) is 4.74 Å². The number of nitrogens with one attached hydrogen (secondary N) is 1. The number of rotatable bonds is 5. The van der Waals surface area contributed by atoms with Crippen molar-refractivity contribution in [3.63, 3.8) is 0 Å². The number of ether oxygens (including phenoxy) is 1. The first-order valence-electron chi connectivity index (χ1n) is 8.59. The molecule has 1 N–H and O–H groups in total. The third kappa shape index (κ3) is 4.90. The number of aryl methyl sites for hydroxylation is 1. The monoisotopic (exact) mass is 379 g/mol. The molecular formula is C19H20F3N3O2. The van der Waals surface area contributed by atoms with Gasteiger partial charge in [-0.15, -0.1) is 0 Å². The Morgan fingerprint density at radius 2 is 2.07 bits per heavy atom. The van der Waals surface area contributed by atoms with Gasteiger partial charge in [0.2, 0.25) is 0 Å². The number of anilines is 1. The van der Waals surface area contributed by atoms with Crippen molar-refractivity contribution in [3.05, 3.63) is 53.7 Å². The lowest BCUT2D eigenvalue weighted by Gasteiger charge is -2.18. The van der Waals surface area contributed by atoms with Gasteiger partial charge in [-0.3, -0.25) is 4.79 Å². The Morgan fingerprint density at radius 3 is 2.74 bits per heavy atom. The van der Waals surface area contributed by atoms with E-state index in [9.17, 15) is 18.0 Å². The highest BCUT2D eigenvalue weighted by Gasteiger charge is 2.31. The van der Waals surface area contributed by atoms with Gasteiger partial charge in [-0.2, -0.15) is 13.2 Å². The number of para-hydroxylation sites is 1. The van der Waals surface area contributed by atoms with Gasteiger partial charge in [0.05, 0.1) is 5.56 Å². The zero-order valence-corrected chi connectivity index (χ0v) is 14.8. The van der Waals surface area contributed by atoms with E-state index < -0.39 is 11.7 Å². The summed E-state index contributed by atoms with van der Waals surface area (Å²) in [5, 5.41) is 2.89. The first kappa shape index (κ1) is 19.0. The first-order valence-corrected chi connectivity index (χ1v) is 8.59. The van der Waals surface area contributed by atoms with Crippen LogP contribution in [0.3, 0.4) is 0 Å². The van der Waals surface area contributed by atoms with Crippen molar-refractivity contribution < 1.29 is 22.7 Å². The standard InChI is InChI=1S/C19H20F3N3O2/c1-13-4-2-3-5-16(13)27-12-18(26)24-15-8-9-25(11-15)17-7-6-14(10-23-17)19(20,21)22/h2-7,10,15H,8-9,11-12H2,1H3,(H,24,26). The second-order valence-corrected chi connectivity index (χ2v) is 6.46. The predicted octanol–water partition coefficient (Wildman–Crippen LogP) is 3.18. The molecule has 0 aliphatic carbocycles. The number of benzene rings is 1. The molecule has 0 spiro atoms. The average molecular weight is 379 g/mol. The third-order valence-electron chi connectivity index (χ3n) is 4.40. The van der Waals surface area contributed by atoms with E-state index in [0.29, 0.717) is 31.1 Å². The van der Waals surface area contributed by atoms with Crippen molar-refractivity contribution >= 4 is 11.7 Å². The molecule has 27 heavy (non-hydrogen) atoms. The molecule has 1 unspecified atom stereocenters. The number of aromatic nitrogens is 1. The number of alkyl halides is 3. The van der Waals surface area contributed by atoms with Crippen LogP contribution < -0.4 is 15.0 Å². The van der Waals surface area contributed by atoms with Crippen molar-refractivity contribution in [2.45, 2.75) is 25.6 Å². The molecule has 1 aliphatic rings. The Labute approximate surface area is 155 Å². The molecule has 8 heteroatoms. The topological polar surface area (TPSA) is 54.5 Å². The molecule has 1 fully saturated rings. The van der Waals surface area contributed by atoms with Gasteiger partial charge >= 0.3 is 6.18 Å². The Kier molecular flexibility index (Phi) is 5.53. The molecule has 2 aromatic rings. The van der Waals surface area contributed by atoms with Crippen molar-refractivity contribution in [2.75, 3.05) is 24.6 Å². The fourth-order valence-electron chi connectivity index (χ4n) is 2.96. The minimum absolute atomic E-state index is 0.0834. The van der Waals surface area contributed by atoms with E-state index >= 15 is 0 Å². The highest BCUT2D eigenvalue weighted by molar-refractivity contribution is 5.78. The van der Waals surface area contributed by atoms with Crippen LogP contribution in [0.25, 0.3) is 0 Å². The number of hydrogen-bond donors (Lipinski definition) is 1. The molecule has 5 nitrogen and oxygen atoms in total. The zero-order valence-electron chi connectivity index (χ0n) is 14.8. The number of carbonyl (C=O) groups is 1. The Morgan fingerprint density at radius 1 is 1.30 bits per heavy atom. The lowest BCUT2D eigenvalue weighted by Crippen LogP contribution is -2.39. The summed E-state index contributed by atoms with van der Waals surface area (Å²) in [7, 11) is 0. The van der Waals surface area contributed by atoms with Gasteiger partial charge in [-0.05, 0) is 37.1 Å². The van der Waals surface area contributed by atoms with E-state index in [-0.39, 0.29) is 18.6 Å². The van der Waals surface area contributed by atoms with Gasteiger partial charge in [0, 0.05) is 25.3 Å². The number of carbonyl (C=O) groups excluding carboxylic acids is 1. The molecule has 1 saturated heterocycles. The molecule has 3 rings (SSSR count). The van der Waals surface area contributed by atoms with Crippen LogP contribution in [0.4, 0.5) is 19.0 Å². The normalized spacial score (nSPS) is 17.0. The first-order chi connectivity index (χ1) is 12.8. The van der Waals surface area contributed by atoms with E-state index in [2.05, 4.69) is 10.3 Å². The number of hydrogen-bond acceptors (Lipinski definition) is 4. The number of amides is 1. The van der Waals surface area contributed by atoms with Crippen molar-refractivity contribution in [2.24, 2.45) is 0 Å². The fraction of sp³-hybridized carbons (Fsp3) is 0.368. The summed E-state index contributed by atoms with van der Waals surface area (Å²) in [6.07, 6.45) is -2.87. The zero-order chi connectivity index (χ0) is 19.4. The minimum atomic E-state index is -4.40. The maximum atomic E-state index is 12.6. The summed E-state index contributed by atoms with van der Waals surface area (Å²) in [6, 6.07) is 9.71. The SMILES string of the molecule is Cc1ccccc1OCC(=O)NC1CCN(c2ccc(C(F)(F)F)cn2)C1. The molecule has 0 saturated carbocycles. The van der Waals surface area contributed by atoms with E-state index in [0.717, 1.165) is 17.8 Å². The summed E-state index contributed by atoms with van der Waals surface area (Å²) in [6.45, 7) is 2.93. The lowest BCUT2D eigenvalue weighted by molar-refractivity contribution is -0.137. The smallest absolute Gasteiger partial charge is 0.417 e. The minimum Gasteiger partial charge on any atom is -0.484 e. The van der Waals surface area contributed by atoms with Crippen LogP contribution in [0, 0.1) is 6.92 Å². The second-order valence-electron chi connectivity index (χ2n) is 6.46. The largest absolute Gasteiger partial charge is 0.484 e. The Balaban J connectivity index is 1.49. The Bertz CT molecular complexity index is 794. The summed E-state index contributed by atoms with van der Waals surface area (Å²) in [5.74, 6) is 0.899. The van der Waals surface area contributed by atoms with Crippen LogP contribution in [0.2, 0.25) is 0 Å². The highest BCUT2D eigenvalue weighted by Crippen LogP contribution is 2.29. The van der Waals surface area contributed by atoms with Gasteiger partial charge in [0.1, 0.15) is 11.6 Å². The van der Waals surface area contributed by atoms with Gasteiger partial charge < -0.3 is 15.0 Å². The molecular weight excluding hydrogens is 359 g/mol. The van der Waals surface area contributed by atoms with Crippen molar-refractivity contribution in [1.82, 2.24) is 10.3 Å². The quantitative estimate of drug-likeness (QED) is 0.867. The van der Waals surface area contributed by atoms with Gasteiger partial charge in [-0.1, -0.05) is 18.2 Å². The summed E-state index contributed by atoms with van der Waals surface area (Å²) >= 11 is 0. The molecule has 0 bridgehead atoms. The van der Waals surface area contributed by atoms with Crippen LogP contribution in [0.1, 0.15) is 17.5 Å². The molecule has 2 heterocycles. The van der Waals surface area contributed by atoms with Gasteiger partial charge in [0.15, 0.2) is 6.61 Å². The maximum Gasteiger partial charge on any atom is 0.417 e. The molecule has 0 radical (unpaired) electrons. The van der Waals surface area contributed by atoms with Gasteiger partial charge in [-0.25, -0.2) is 4.98 Å². The number of halogens is 3. The van der Waals surface area contributed by atoms with Crippen molar-refractivity contribution in [3.8, 4) is 5.75 Å². The predicted molar refractivity (Wildman–Crippen MR) is 94.7 cm³/mol. The van der Waals surface area contributed by atoms with Crippen LogP contribution in [0.15, 0.2) is 42.6 Å². The lowest BCUT2D eigenvalue weighted by atomic mass is 10.2. The van der Waals surface area contributed by atoms with Crippen LogP contribution in [-0.4, -0.2) is 36.6 Å². The summed E-state index contributed by atoms with van der Waals surface area (Å²) in [5.41, 5.74) is 0.175. The third-order valence-corrected chi connectivity index (χ3v) is 4.40. The van der Waals surface area contributed by atoms with Crippen molar-refractivity contribution in [1.29, 1.82) is 0 Å². The number of nitrogens with zero attached hydrogens (tertiary/aromatic N) is 2. The van der Waals surface area contributed by atoms with Crippen LogP contribution in [-0.2, 0) is 11.0 Å². The molecule has 1 aromatic heterocycles. The van der Waals surface area contributed by atoms with E-state index in [1.807, 2.05) is 30.0 Å². The van der Waals surface area contributed by atoms with Crippen LogP contribution >= 0.6 is 0 Å². The molecule has 1 aromatic carbocycles. The fourth-order valence-corrected chi connectivity index (χ4v) is 2.96.